The number of hydrogen-bond acceptors (Lipinski definition) is 7. The minimum Gasteiger partial charge on any atom is -0.465 e. The van der Waals surface area contributed by atoms with E-state index < -0.39 is 5.97 Å². The molecule has 0 saturated heterocycles. The molecule has 0 aliphatic carbocycles. The van der Waals surface area contributed by atoms with Gasteiger partial charge in [0.2, 0.25) is 12.7 Å². The van der Waals surface area contributed by atoms with Crippen molar-refractivity contribution < 1.29 is 23.8 Å². The average Bonchev–Trinajstić information content (AvgIpc) is 3.30. The highest BCUT2D eigenvalue weighted by Gasteiger charge is 2.29. The summed E-state index contributed by atoms with van der Waals surface area (Å²) in [5.74, 6) is 0.751. The minimum atomic E-state index is -0.398. The van der Waals surface area contributed by atoms with Crippen molar-refractivity contribution >= 4 is 40.6 Å². The van der Waals surface area contributed by atoms with Crippen LogP contribution in [0.15, 0.2) is 18.2 Å². The topological polar surface area (TPSA) is 77.1 Å². The van der Waals surface area contributed by atoms with Crippen LogP contribution < -0.4 is 14.8 Å². The lowest BCUT2D eigenvalue weighted by atomic mass is 10.0. The van der Waals surface area contributed by atoms with Gasteiger partial charge in [0.1, 0.15) is 5.00 Å². The van der Waals surface area contributed by atoms with E-state index in [1.165, 1.54) is 18.4 Å². The fraction of sp³-hybridized carbons (Fsp3) is 0.429. The van der Waals surface area contributed by atoms with Gasteiger partial charge in [0.15, 0.2) is 11.5 Å². The largest absolute Gasteiger partial charge is 0.465 e. The van der Waals surface area contributed by atoms with Crippen LogP contribution in [0.25, 0.3) is 0 Å². The first-order valence-corrected chi connectivity index (χ1v) is 10.5. The van der Waals surface area contributed by atoms with Crippen molar-refractivity contribution in [1.82, 2.24) is 4.90 Å². The number of methoxy groups -OCH3 is 1. The van der Waals surface area contributed by atoms with Crippen LogP contribution in [0.4, 0.5) is 5.00 Å². The predicted octanol–water partition coefficient (Wildman–Crippen LogP) is 3.63. The summed E-state index contributed by atoms with van der Waals surface area (Å²) in [5.41, 5.74) is 2.33. The molecule has 3 heterocycles. The third kappa shape index (κ3) is 4.55. The molecule has 0 spiro atoms. The molecular weight excluding hydrogens is 428 g/mol. The summed E-state index contributed by atoms with van der Waals surface area (Å²) in [6.07, 6.45) is 2.06. The number of nitrogens with zero attached hydrogens (tertiary/aromatic N) is 1. The number of rotatable bonds is 6. The van der Waals surface area contributed by atoms with Gasteiger partial charge in [-0.2, -0.15) is 0 Å². The first kappa shape index (κ1) is 22.4. The molecule has 162 valence electrons. The molecular formula is C21H25ClN2O5S. The Balaban J connectivity index is 0.00000256. The van der Waals surface area contributed by atoms with Crippen LogP contribution in [-0.4, -0.2) is 43.8 Å². The lowest BCUT2D eigenvalue weighted by Crippen LogP contribution is -2.30. The van der Waals surface area contributed by atoms with Gasteiger partial charge in [-0.1, -0.05) is 13.0 Å². The summed E-state index contributed by atoms with van der Waals surface area (Å²) < 4.78 is 15.7. The fourth-order valence-corrected chi connectivity index (χ4v) is 5.07. The Morgan fingerprint density at radius 3 is 2.83 bits per heavy atom. The number of nitrogens with one attached hydrogen (secondary N) is 1. The lowest BCUT2D eigenvalue weighted by molar-refractivity contribution is -0.115. The van der Waals surface area contributed by atoms with Crippen LogP contribution in [0.2, 0.25) is 0 Å². The maximum absolute atomic E-state index is 12.7. The molecule has 30 heavy (non-hydrogen) atoms. The number of esters is 1. The zero-order valence-electron chi connectivity index (χ0n) is 17.0. The van der Waals surface area contributed by atoms with E-state index in [1.54, 1.807) is 6.07 Å². The second-order valence-corrected chi connectivity index (χ2v) is 8.24. The van der Waals surface area contributed by atoms with Gasteiger partial charge in [0.25, 0.3) is 0 Å². The summed E-state index contributed by atoms with van der Waals surface area (Å²) in [7, 11) is 1.37. The number of amides is 1. The van der Waals surface area contributed by atoms with Crippen LogP contribution in [0.5, 0.6) is 11.5 Å². The van der Waals surface area contributed by atoms with Gasteiger partial charge in [-0.05, 0) is 42.6 Å². The zero-order valence-corrected chi connectivity index (χ0v) is 18.6. The Morgan fingerprint density at radius 2 is 2.07 bits per heavy atom. The van der Waals surface area contributed by atoms with Crippen LogP contribution in [0.1, 0.15) is 39.7 Å². The first-order valence-electron chi connectivity index (χ1n) is 9.72. The highest BCUT2D eigenvalue weighted by molar-refractivity contribution is 7.17. The van der Waals surface area contributed by atoms with Gasteiger partial charge in [0.05, 0.1) is 19.1 Å². The van der Waals surface area contributed by atoms with Crippen molar-refractivity contribution in [3.63, 3.8) is 0 Å². The Bertz CT molecular complexity index is 946. The van der Waals surface area contributed by atoms with Gasteiger partial charge >= 0.3 is 5.97 Å². The van der Waals surface area contributed by atoms with E-state index in [0.29, 0.717) is 22.1 Å². The quantitative estimate of drug-likeness (QED) is 0.674. The second kappa shape index (κ2) is 9.68. The molecule has 2 aliphatic heterocycles. The summed E-state index contributed by atoms with van der Waals surface area (Å²) in [6.45, 7) is 5.09. The summed E-state index contributed by atoms with van der Waals surface area (Å²) in [6, 6.07) is 5.46. The van der Waals surface area contributed by atoms with Gasteiger partial charge in [-0.15, -0.1) is 23.7 Å². The number of ether oxygens (including phenoxy) is 3. The van der Waals surface area contributed by atoms with E-state index in [9.17, 15) is 9.59 Å². The van der Waals surface area contributed by atoms with Crippen molar-refractivity contribution in [3.8, 4) is 11.5 Å². The van der Waals surface area contributed by atoms with Gasteiger partial charge in [0, 0.05) is 18.0 Å². The number of halogens is 1. The second-order valence-electron chi connectivity index (χ2n) is 7.14. The Morgan fingerprint density at radius 1 is 1.27 bits per heavy atom. The summed E-state index contributed by atoms with van der Waals surface area (Å²) in [4.78, 5) is 28.6. The number of anilines is 1. The predicted molar refractivity (Wildman–Crippen MR) is 117 cm³/mol. The minimum absolute atomic E-state index is 0. The maximum atomic E-state index is 12.7. The molecule has 0 bridgehead atoms. The van der Waals surface area contributed by atoms with E-state index in [4.69, 9.17) is 14.2 Å². The molecule has 7 nitrogen and oxygen atoms in total. The molecule has 0 atom stereocenters. The molecule has 0 unspecified atom stereocenters. The van der Waals surface area contributed by atoms with Crippen LogP contribution >= 0.6 is 23.7 Å². The molecule has 1 N–H and O–H groups in total. The Hall–Kier alpha value is -2.29. The number of fused-ring (bicyclic) bond motifs is 2. The van der Waals surface area contributed by atoms with E-state index in [1.807, 2.05) is 12.1 Å². The van der Waals surface area contributed by atoms with E-state index in [0.717, 1.165) is 48.5 Å². The van der Waals surface area contributed by atoms with Crippen molar-refractivity contribution in [1.29, 1.82) is 0 Å². The molecule has 0 radical (unpaired) electrons. The van der Waals surface area contributed by atoms with Crippen molar-refractivity contribution in [2.75, 3.05) is 32.3 Å². The lowest BCUT2D eigenvalue weighted by Gasteiger charge is -2.26. The number of carbonyl (C=O) groups excluding carboxylic acids is 2. The monoisotopic (exact) mass is 452 g/mol. The van der Waals surface area contributed by atoms with E-state index >= 15 is 0 Å². The number of benzene rings is 1. The van der Waals surface area contributed by atoms with Gasteiger partial charge in [-0.25, -0.2) is 4.79 Å². The normalized spacial score (nSPS) is 14.6. The van der Waals surface area contributed by atoms with E-state index in [2.05, 4.69) is 17.1 Å². The first-order chi connectivity index (χ1) is 14.1. The molecule has 0 fully saturated rings. The molecule has 0 saturated carbocycles. The van der Waals surface area contributed by atoms with Gasteiger partial charge < -0.3 is 19.5 Å². The Labute approximate surface area is 185 Å². The van der Waals surface area contributed by atoms with Crippen molar-refractivity contribution in [2.24, 2.45) is 0 Å². The zero-order chi connectivity index (χ0) is 20.4. The molecule has 2 aliphatic rings. The van der Waals surface area contributed by atoms with Crippen LogP contribution in [0, 0.1) is 0 Å². The SMILES string of the molecule is CCCN1CCc2c(sc(NC(=O)Cc3ccc4c(c3)OCO4)c2C(=O)OC)C1.Cl. The fourth-order valence-electron chi connectivity index (χ4n) is 3.78. The average molecular weight is 453 g/mol. The van der Waals surface area contributed by atoms with Crippen molar-refractivity contribution in [2.45, 2.75) is 32.7 Å². The van der Waals surface area contributed by atoms with Crippen LogP contribution in [-0.2, 0) is 28.9 Å². The summed E-state index contributed by atoms with van der Waals surface area (Å²) in [5, 5.41) is 3.51. The Kier molecular flexibility index (Phi) is 7.23. The smallest absolute Gasteiger partial charge is 0.341 e. The standard InChI is InChI=1S/C21H24N2O5S.ClH/c1-3-7-23-8-6-14-17(11-23)29-20(19(14)21(25)26-2)22-18(24)10-13-4-5-15-16(9-13)28-12-27-15;/h4-5,9H,3,6-8,10-12H2,1-2H3,(H,22,24);1H. The number of thiophene rings is 1. The summed E-state index contributed by atoms with van der Waals surface area (Å²) >= 11 is 1.48. The van der Waals surface area contributed by atoms with Crippen LogP contribution in [0.3, 0.4) is 0 Å². The molecule has 4 rings (SSSR count). The van der Waals surface area contributed by atoms with E-state index in [-0.39, 0.29) is 31.5 Å². The molecule has 1 aromatic heterocycles. The van der Waals surface area contributed by atoms with Gasteiger partial charge in [-0.3, -0.25) is 9.69 Å². The number of hydrogen-bond donors (Lipinski definition) is 1. The highest BCUT2D eigenvalue weighted by Crippen LogP contribution is 2.38. The molecule has 1 amide bonds. The molecule has 1 aromatic carbocycles. The molecule has 2 aromatic rings. The van der Waals surface area contributed by atoms with Crippen molar-refractivity contribution in [3.05, 3.63) is 39.8 Å². The molecule has 9 heteroatoms. The third-order valence-corrected chi connectivity index (χ3v) is 6.25. The highest BCUT2D eigenvalue weighted by atomic mass is 35.5. The number of carbonyl (C=O) groups is 2. The third-order valence-electron chi connectivity index (χ3n) is 5.12. The maximum Gasteiger partial charge on any atom is 0.341 e.